The van der Waals surface area contributed by atoms with Crippen LogP contribution in [0.25, 0.3) is 43.9 Å². The van der Waals surface area contributed by atoms with E-state index in [1.54, 1.807) is 47.4 Å². The van der Waals surface area contributed by atoms with Gasteiger partial charge < -0.3 is 14.6 Å². The molecule has 7 aromatic rings. The van der Waals surface area contributed by atoms with E-state index in [2.05, 4.69) is 10.3 Å². The molecule has 8 rings (SSSR count). The smallest absolute Gasteiger partial charge is 0.347 e. The second-order valence-corrected chi connectivity index (χ2v) is 12.5. The van der Waals surface area contributed by atoms with Gasteiger partial charge in [-0.3, -0.25) is 9.59 Å². The molecule has 2 heterocycles. The van der Waals surface area contributed by atoms with Crippen molar-refractivity contribution in [2.24, 2.45) is 0 Å². The van der Waals surface area contributed by atoms with E-state index in [0.717, 1.165) is 53.0 Å². The van der Waals surface area contributed by atoms with Gasteiger partial charge in [0.25, 0.3) is 11.8 Å². The predicted molar refractivity (Wildman–Crippen MR) is 197 cm³/mol. The molecule has 1 aliphatic rings. The van der Waals surface area contributed by atoms with E-state index in [0.29, 0.717) is 43.7 Å². The largest absolute Gasteiger partial charge is 0.403 e. The Kier molecular flexibility index (Phi) is 9.11. The number of hydrogen-bond donors (Lipinski definition) is 1. The number of nitrogens with one attached hydrogen (secondary N) is 1. The zero-order valence-electron chi connectivity index (χ0n) is 26.2. The highest BCUT2D eigenvalue weighted by Gasteiger charge is 2.23. The highest BCUT2D eigenvalue weighted by molar-refractivity contribution is 6.31. The monoisotopic (exact) mass is 685 g/mol. The number of likely N-dealkylation sites (tertiary alicyclic amines) is 1. The molecule has 0 aliphatic carbocycles. The van der Waals surface area contributed by atoms with Crippen molar-refractivity contribution in [1.82, 2.24) is 9.88 Å². The molecule has 1 fully saturated rings. The normalized spacial score (nSPS) is 12.6. The molecule has 242 valence electrons. The quantitative estimate of drug-likeness (QED) is 0.199. The first-order chi connectivity index (χ1) is 23.9. The molecule has 2 amide bonds. The number of hydrogen-bond acceptors (Lipinski definition) is 5. The average molecular weight is 687 g/mol. The zero-order valence-corrected chi connectivity index (χ0v) is 27.7. The predicted octanol–water partition coefficient (Wildman–Crippen LogP) is 9.64. The summed E-state index contributed by atoms with van der Waals surface area (Å²) in [5, 5.41) is 8.18. The van der Waals surface area contributed by atoms with Crippen molar-refractivity contribution in [3.63, 3.8) is 0 Å². The molecule has 0 unspecified atom stereocenters. The number of carbonyl (C=O) groups is 2. The van der Waals surface area contributed by atoms with Crippen molar-refractivity contribution < 1.29 is 14.0 Å². The Hall–Kier alpha value is -5.50. The Bertz CT molecular complexity index is 2430. The summed E-state index contributed by atoms with van der Waals surface area (Å²) < 4.78 is 5.41. The Labute approximate surface area is 291 Å². The fourth-order valence-electron chi connectivity index (χ4n) is 6.08. The minimum atomic E-state index is -0.435. The van der Waals surface area contributed by atoms with Gasteiger partial charge in [-0.1, -0.05) is 96.0 Å². The molecule has 0 atom stereocenters. The first kappa shape index (κ1) is 32.1. The topological polar surface area (TPSA) is 92.5 Å². The van der Waals surface area contributed by atoms with E-state index >= 15 is 0 Å². The molecule has 6 aromatic carbocycles. The van der Waals surface area contributed by atoms with Crippen molar-refractivity contribution in [3.8, 4) is 11.5 Å². The number of rotatable bonds is 4. The summed E-state index contributed by atoms with van der Waals surface area (Å²) in [5.41, 5.74) is 2.42. The van der Waals surface area contributed by atoms with E-state index in [1.165, 1.54) is 0 Å². The summed E-state index contributed by atoms with van der Waals surface area (Å²) >= 11 is 12.0. The summed E-state index contributed by atoms with van der Waals surface area (Å²) in [5.74, 6) is -0.0237. The maximum atomic E-state index is 12.9. The molecule has 49 heavy (non-hydrogen) atoms. The van der Waals surface area contributed by atoms with Gasteiger partial charge in [-0.15, -0.1) is 0 Å². The first-order valence-corrected chi connectivity index (χ1v) is 16.6. The van der Waals surface area contributed by atoms with Crippen molar-refractivity contribution >= 4 is 73.2 Å². The van der Waals surface area contributed by atoms with Crippen LogP contribution in [0.2, 0.25) is 10.0 Å². The number of benzene rings is 6. The number of amides is 2. The van der Waals surface area contributed by atoms with Crippen molar-refractivity contribution in [2.45, 2.75) is 12.8 Å². The van der Waals surface area contributed by atoms with Crippen LogP contribution in [0.3, 0.4) is 0 Å². The molecule has 7 nitrogen and oxygen atoms in total. The number of fused-ring (bicyclic) bond motifs is 3. The van der Waals surface area contributed by atoms with Crippen molar-refractivity contribution in [1.29, 1.82) is 0 Å². The van der Waals surface area contributed by atoms with Crippen LogP contribution in [0.4, 0.5) is 5.69 Å². The molecule has 0 spiro atoms. The molecule has 1 aliphatic heterocycles. The number of carbonyl (C=O) groups excluding carboxylic acids is 2. The fraction of sp³-hybridized carbons (Fsp3) is 0.100. The molecule has 9 heteroatoms. The summed E-state index contributed by atoms with van der Waals surface area (Å²) in [6.07, 6.45) is 2.01. The number of nitrogens with zero attached hydrogens (tertiary/aromatic N) is 2. The molecular weight excluding hydrogens is 657 g/mol. The van der Waals surface area contributed by atoms with Crippen LogP contribution in [0.1, 0.15) is 33.6 Å². The molecule has 0 saturated carbocycles. The molecule has 0 bridgehead atoms. The average Bonchev–Trinajstić information content (AvgIpc) is 3.67. The third-order valence-electron chi connectivity index (χ3n) is 8.50. The maximum Gasteiger partial charge on any atom is 0.347 e. The molecule has 1 N–H and O–H groups in total. The van der Waals surface area contributed by atoms with Gasteiger partial charge in [0.05, 0.1) is 22.2 Å². The Morgan fingerprint density at radius 1 is 0.673 bits per heavy atom. The van der Waals surface area contributed by atoms with E-state index in [9.17, 15) is 14.4 Å². The summed E-state index contributed by atoms with van der Waals surface area (Å²) in [6.45, 7) is 1.48. The van der Waals surface area contributed by atoms with Gasteiger partial charge in [-0.25, -0.2) is 9.78 Å². The lowest BCUT2D eigenvalue weighted by atomic mass is 10.0. The van der Waals surface area contributed by atoms with E-state index in [1.807, 2.05) is 78.9 Å². The zero-order chi connectivity index (χ0) is 33.9. The van der Waals surface area contributed by atoms with Gasteiger partial charge >= 0.3 is 5.63 Å². The van der Waals surface area contributed by atoms with Gasteiger partial charge in [0.15, 0.2) is 0 Å². The Balaban J connectivity index is 0.000000157. The minimum Gasteiger partial charge on any atom is -0.403 e. The van der Waals surface area contributed by atoms with Gasteiger partial charge in [0.2, 0.25) is 5.89 Å². The third kappa shape index (κ3) is 6.77. The van der Waals surface area contributed by atoms with Crippen LogP contribution in [0.15, 0.2) is 131 Å². The molecule has 0 radical (unpaired) electrons. The second-order valence-electron chi connectivity index (χ2n) is 11.7. The lowest BCUT2D eigenvalue weighted by Gasteiger charge is -2.18. The van der Waals surface area contributed by atoms with Crippen LogP contribution in [-0.4, -0.2) is 34.8 Å². The standard InChI is InChI=1S/C22H19ClN2O2.C18H10ClNO2/c23-16-10-11-20(19(14-16)22(27)25-12-3-4-13-25)24-21(26)18-9-5-7-15-6-1-2-8-17(15)18;19-12-8-9-16-15(10-12)18(21)22-17(20-16)14-7-3-5-11-4-1-2-6-13(11)14/h1-2,5-11,14H,3-4,12-13H2,(H,24,26);1-10H. The summed E-state index contributed by atoms with van der Waals surface area (Å²) in [4.78, 5) is 44.3. The van der Waals surface area contributed by atoms with Crippen molar-refractivity contribution in [3.05, 3.63) is 153 Å². The van der Waals surface area contributed by atoms with Crippen LogP contribution < -0.4 is 10.9 Å². The van der Waals surface area contributed by atoms with Crippen LogP contribution in [0, 0.1) is 0 Å². The fourth-order valence-corrected chi connectivity index (χ4v) is 6.42. The lowest BCUT2D eigenvalue weighted by Crippen LogP contribution is -2.29. The molecule has 1 aromatic heterocycles. The number of anilines is 1. The van der Waals surface area contributed by atoms with E-state index < -0.39 is 5.63 Å². The highest BCUT2D eigenvalue weighted by atomic mass is 35.5. The second kappa shape index (κ2) is 13.9. The van der Waals surface area contributed by atoms with Gasteiger partial charge in [0, 0.05) is 34.3 Å². The van der Waals surface area contributed by atoms with Crippen LogP contribution >= 0.6 is 23.2 Å². The van der Waals surface area contributed by atoms with E-state index in [4.69, 9.17) is 27.6 Å². The minimum absolute atomic E-state index is 0.0942. The third-order valence-corrected chi connectivity index (χ3v) is 8.97. The van der Waals surface area contributed by atoms with Gasteiger partial charge in [0.1, 0.15) is 0 Å². The maximum absolute atomic E-state index is 12.9. The lowest BCUT2D eigenvalue weighted by molar-refractivity contribution is 0.0794. The number of halogens is 2. The van der Waals surface area contributed by atoms with Gasteiger partial charge in [-0.05, 0) is 82.9 Å². The van der Waals surface area contributed by atoms with Crippen LogP contribution in [0.5, 0.6) is 0 Å². The SMILES string of the molecule is O=C(Nc1ccc(Cl)cc1C(=O)N1CCCC1)c1cccc2ccccc12.O=c1oc(-c2cccc3ccccc23)nc2ccc(Cl)cc12. The molecular formula is C40H29Cl2N3O4. The Morgan fingerprint density at radius 3 is 2.08 bits per heavy atom. The first-order valence-electron chi connectivity index (χ1n) is 15.8. The summed E-state index contributed by atoms with van der Waals surface area (Å²) in [6, 6.07) is 37.1. The Morgan fingerprint density at radius 2 is 1.31 bits per heavy atom. The molecule has 1 saturated heterocycles. The van der Waals surface area contributed by atoms with Gasteiger partial charge in [-0.2, -0.15) is 0 Å². The van der Waals surface area contributed by atoms with E-state index in [-0.39, 0.29) is 11.8 Å². The summed E-state index contributed by atoms with van der Waals surface area (Å²) in [7, 11) is 0. The highest BCUT2D eigenvalue weighted by Crippen LogP contribution is 2.29. The number of aromatic nitrogens is 1. The van der Waals surface area contributed by atoms with Crippen molar-refractivity contribution in [2.75, 3.05) is 18.4 Å². The van der Waals surface area contributed by atoms with Crippen LogP contribution in [-0.2, 0) is 0 Å².